The van der Waals surface area contributed by atoms with Crippen molar-refractivity contribution in [2.75, 3.05) is 19.6 Å². The van der Waals surface area contributed by atoms with Gasteiger partial charge in [0.15, 0.2) is 0 Å². The van der Waals surface area contributed by atoms with Gasteiger partial charge in [-0.1, -0.05) is 18.8 Å². The number of amides is 1. The van der Waals surface area contributed by atoms with Crippen LogP contribution >= 0.6 is 0 Å². The fourth-order valence-corrected chi connectivity index (χ4v) is 3.09. The van der Waals surface area contributed by atoms with E-state index < -0.39 is 0 Å². The van der Waals surface area contributed by atoms with Crippen LogP contribution in [-0.2, 0) is 4.79 Å². The fourth-order valence-electron chi connectivity index (χ4n) is 3.09. The largest absolute Gasteiger partial charge is 0.344 e. The molecule has 88 valence electrons. The third kappa shape index (κ3) is 2.56. The quantitative estimate of drug-likeness (QED) is 0.720. The monoisotopic (exact) mass is 220 g/mol. The van der Waals surface area contributed by atoms with Gasteiger partial charge in [0.25, 0.3) is 0 Å². The van der Waals surface area contributed by atoms with E-state index in [-0.39, 0.29) is 5.91 Å². The van der Waals surface area contributed by atoms with Crippen molar-refractivity contribution in [3.8, 4) is 12.3 Å². The summed E-state index contributed by atoms with van der Waals surface area (Å²) >= 11 is 0. The number of likely N-dealkylation sites (tertiary alicyclic amines) is 1. The summed E-state index contributed by atoms with van der Waals surface area (Å²) in [6.45, 7) is 1.96. The first-order valence-corrected chi connectivity index (χ1v) is 6.25. The highest BCUT2D eigenvalue weighted by atomic mass is 16.2. The third-order valence-corrected chi connectivity index (χ3v) is 3.86. The number of rotatable bonds is 3. The second-order valence-corrected chi connectivity index (χ2v) is 4.85. The number of fused-ring (bicyclic) bond motifs is 1. The number of carbonyl (C=O) groups excluding carboxylic acids is 1. The molecular weight excluding hydrogens is 200 g/mol. The summed E-state index contributed by atoms with van der Waals surface area (Å²) in [6.07, 6.45) is 11.7. The molecule has 0 aromatic carbocycles. The lowest BCUT2D eigenvalue weighted by molar-refractivity contribution is -0.122. The minimum atomic E-state index is 0.0733. The summed E-state index contributed by atoms with van der Waals surface area (Å²) in [7, 11) is 0. The molecule has 16 heavy (non-hydrogen) atoms. The predicted octanol–water partition coefficient (Wildman–Crippen LogP) is 1.00. The zero-order chi connectivity index (χ0) is 11.4. The molecular formula is C13H20N2O. The van der Waals surface area contributed by atoms with E-state index in [9.17, 15) is 4.79 Å². The molecule has 0 bridgehead atoms. The van der Waals surface area contributed by atoms with Crippen LogP contribution in [0, 0.1) is 18.3 Å². The van der Waals surface area contributed by atoms with Crippen molar-refractivity contribution in [1.82, 2.24) is 10.2 Å². The van der Waals surface area contributed by atoms with E-state index in [1.165, 1.54) is 32.1 Å². The van der Waals surface area contributed by atoms with E-state index in [2.05, 4.69) is 16.1 Å². The highest BCUT2D eigenvalue weighted by molar-refractivity contribution is 5.78. The van der Waals surface area contributed by atoms with Crippen molar-refractivity contribution >= 4 is 5.91 Å². The van der Waals surface area contributed by atoms with Gasteiger partial charge in [-0.2, -0.15) is 0 Å². The minimum absolute atomic E-state index is 0.0733. The number of terminal acetylenes is 1. The van der Waals surface area contributed by atoms with Gasteiger partial charge in [-0.15, -0.1) is 6.42 Å². The van der Waals surface area contributed by atoms with Crippen LogP contribution in [0.15, 0.2) is 0 Å². The average Bonchev–Trinajstić information content (AvgIpc) is 2.70. The Bertz CT molecular complexity index is 295. The Morgan fingerprint density at radius 3 is 3.00 bits per heavy atom. The Labute approximate surface area is 97.6 Å². The van der Waals surface area contributed by atoms with Crippen molar-refractivity contribution in [3.05, 3.63) is 0 Å². The Balaban J connectivity index is 1.81. The van der Waals surface area contributed by atoms with Crippen LogP contribution in [0.1, 0.15) is 32.1 Å². The summed E-state index contributed by atoms with van der Waals surface area (Å²) in [5.41, 5.74) is 0. The molecule has 1 N–H and O–H groups in total. The van der Waals surface area contributed by atoms with Crippen LogP contribution in [0.3, 0.4) is 0 Å². The highest BCUT2D eigenvalue weighted by Crippen LogP contribution is 2.35. The maximum atomic E-state index is 11.6. The molecule has 3 heteroatoms. The molecule has 2 atom stereocenters. The maximum absolute atomic E-state index is 11.6. The normalized spacial score (nSPS) is 29.4. The Kier molecular flexibility index (Phi) is 3.84. The second-order valence-electron chi connectivity index (χ2n) is 4.85. The van der Waals surface area contributed by atoms with Gasteiger partial charge in [0, 0.05) is 6.04 Å². The van der Waals surface area contributed by atoms with E-state index in [0.29, 0.717) is 19.1 Å². The molecule has 1 amide bonds. The van der Waals surface area contributed by atoms with E-state index in [4.69, 9.17) is 6.42 Å². The predicted molar refractivity (Wildman–Crippen MR) is 63.8 cm³/mol. The molecule has 1 saturated carbocycles. The first-order valence-electron chi connectivity index (χ1n) is 6.25. The van der Waals surface area contributed by atoms with Crippen molar-refractivity contribution in [3.63, 3.8) is 0 Å². The third-order valence-electron chi connectivity index (χ3n) is 3.86. The summed E-state index contributed by atoms with van der Waals surface area (Å²) in [5.74, 6) is 3.34. The fraction of sp³-hybridized carbons (Fsp3) is 0.769. The van der Waals surface area contributed by atoms with E-state index in [1.54, 1.807) is 0 Å². The minimum Gasteiger partial charge on any atom is -0.344 e. The van der Waals surface area contributed by atoms with Crippen molar-refractivity contribution in [2.24, 2.45) is 5.92 Å². The van der Waals surface area contributed by atoms with Gasteiger partial charge in [-0.25, -0.2) is 0 Å². The van der Waals surface area contributed by atoms with Gasteiger partial charge >= 0.3 is 0 Å². The molecule has 2 fully saturated rings. The average molecular weight is 220 g/mol. The summed E-state index contributed by atoms with van der Waals surface area (Å²) in [5, 5.41) is 2.74. The van der Waals surface area contributed by atoms with Gasteiger partial charge in [-0.05, 0) is 31.7 Å². The van der Waals surface area contributed by atoms with Gasteiger partial charge < -0.3 is 5.32 Å². The topological polar surface area (TPSA) is 32.3 Å². The maximum Gasteiger partial charge on any atom is 0.234 e. The molecule has 0 radical (unpaired) electrons. The lowest BCUT2D eigenvalue weighted by atomic mass is 9.85. The van der Waals surface area contributed by atoms with Crippen LogP contribution in [-0.4, -0.2) is 36.5 Å². The molecule has 0 aromatic rings. The van der Waals surface area contributed by atoms with Crippen LogP contribution in [0.25, 0.3) is 0 Å². The molecule has 1 aliphatic heterocycles. The SMILES string of the molecule is C#CCNC(=O)CN1CCC2CCCCC21. The van der Waals surface area contributed by atoms with Gasteiger partial charge in [0.1, 0.15) is 0 Å². The zero-order valence-electron chi connectivity index (χ0n) is 9.74. The van der Waals surface area contributed by atoms with Crippen LogP contribution in [0.2, 0.25) is 0 Å². The Morgan fingerprint density at radius 1 is 1.38 bits per heavy atom. The number of nitrogens with zero attached hydrogens (tertiary/aromatic N) is 1. The lowest BCUT2D eigenvalue weighted by Gasteiger charge is -2.31. The first kappa shape index (κ1) is 11.5. The molecule has 2 rings (SSSR count). The molecule has 1 heterocycles. The smallest absolute Gasteiger partial charge is 0.234 e. The Hall–Kier alpha value is -1.01. The number of hydrogen-bond donors (Lipinski definition) is 1. The molecule has 2 aliphatic rings. The summed E-state index contributed by atoms with van der Waals surface area (Å²) < 4.78 is 0. The van der Waals surface area contributed by atoms with E-state index in [1.807, 2.05) is 0 Å². The van der Waals surface area contributed by atoms with Crippen molar-refractivity contribution in [2.45, 2.75) is 38.1 Å². The summed E-state index contributed by atoms with van der Waals surface area (Å²) in [4.78, 5) is 13.9. The highest BCUT2D eigenvalue weighted by Gasteiger charge is 2.36. The van der Waals surface area contributed by atoms with E-state index >= 15 is 0 Å². The number of carbonyl (C=O) groups is 1. The van der Waals surface area contributed by atoms with Crippen molar-refractivity contribution < 1.29 is 4.79 Å². The Morgan fingerprint density at radius 2 is 2.19 bits per heavy atom. The van der Waals surface area contributed by atoms with Crippen LogP contribution < -0.4 is 5.32 Å². The molecule has 0 aromatic heterocycles. The zero-order valence-corrected chi connectivity index (χ0v) is 9.74. The van der Waals surface area contributed by atoms with Gasteiger partial charge in [0.05, 0.1) is 13.1 Å². The van der Waals surface area contributed by atoms with E-state index in [0.717, 1.165) is 12.5 Å². The van der Waals surface area contributed by atoms with Crippen LogP contribution in [0.5, 0.6) is 0 Å². The standard InChI is InChI=1S/C13H20N2O/c1-2-8-14-13(16)10-15-9-7-11-5-3-4-6-12(11)15/h1,11-12H,3-10H2,(H,14,16). The van der Waals surface area contributed by atoms with Gasteiger partial charge in [0.2, 0.25) is 5.91 Å². The molecule has 3 nitrogen and oxygen atoms in total. The first-order chi connectivity index (χ1) is 7.81. The van der Waals surface area contributed by atoms with Gasteiger partial charge in [-0.3, -0.25) is 9.69 Å². The second kappa shape index (κ2) is 5.36. The molecule has 1 aliphatic carbocycles. The molecule has 2 unspecified atom stereocenters. The van der Waals surface area contributed by atoms with Crippen LogP contribution in [0.4, 0.5) is 0 Å². The van der Waals surface area contributed by atoms with Crippen molar-refractivity contribution in [1.29, 1.82) is 0 Å². The lowest BCUT2D eigenvalue weighted by Crippen LogP contribution is -2.42. The number of nitrogens with one attached hydrogen (secondary N) is 1. The number of hydrogen-bond acceptors (Lipinski definition) is 2. The molecule has 0 spiro atoms. The summed E-state index contributed by atoms with van der Waals surface area (Å²) in [6, 6.07) is 0.658. The molecule has 1 saturated heterocycles.